The molecule has 0 spiro atoms. The van der Waals surface area contributed by atoms with Crippen LogP contribution in [0.2, 0.25) is 0 Å². The summed E-state index contributed by atoms with van der Waals surface area (Å²) in [5.74, 6) is 4.32. The van der Waals surface area contributed by atoms with Crippen LogP contribution in [0.5, 0.6) is 0 Å². The Bertz CT molecular complexity index is 2080. The number of rotatable bonds is 0. The van der Waals surface area contributed by atoms with Crippen LogP contribution in [0.15, 0.2) is 122 Å². The van der Waals surface area contributed by atoms with E-state index >= 15 is 0 Å². The molecule has 0 fully saturated rings. The average molecular weight is 534 g/mol. The van der Waals surface area contributed by atoms with Gasteiger partial charge in [-0.2, -0.15) is 0 Å². The van der Waals surface area contributed by atoms with Crippen LogP contribution in [-0.2, 0) is 0 Å². The lowest BCUT2D eigenvalue weighted by Gasteiger charge is -2.13. The summed E-state index contributed by atoms with van der Waals surface area (Å²) in [5, 5.41) is 5.69. The van der Waals surface area contributed by atoms with Gasteiger partial charge in [0.25, 0.3) is 0 Å². The summed E-state index contributed by atoms with van der Waals surface area (Å²) in [4.78, 5) is 28.8. The van der Waals surface area contributed by atoms with Crippen LogP contribution in [0.4, 0.5) is 11.6 Å². The number of amidine groups is 4. The number of aliphatic imine (C=N–C) groups is 5. The number of nitrogens with zero attached hydrogens (tertiary/aromatic N) is 5. The lowest BCUT2D eigenvalue weighted by Crippen LogP contribution is -2.20. The van der Waals surface area contributed by atoms with Crippen molar-refractivity contribution in [3.8, 4) is 0 Å². The van der Waals surface area contributed by atoms with Crippen molar-refractivity contribution in [2.45, 2.75) is 5.78 Å². The summed E-state index contributed by atoms with van der Waals surface area (Å²) < 4.78 is 0. The second kappa shape index (κ2) is 8.25. The molecule has 8 bridgehead atoms. The van der Waals surface area contributed by atoms with E-state index in [1.165, 1.54) is 5.56 Å². The minimum atomic E-state index is 0.0531. The number of hydrogen-bond acceptors (Lipinski definition) is 6. The van der Waals surface area contributed by atoms with Crippen molar-refractivity contribution in [1.82, 2.24) is 10.3 Å². The lowest BCUT2D eigenvalue weighted by atomic mass is 10.1. The molecule has 0 saturated heterocycles. The molecule has 2 N–H and O–H groups in total. The standard InChI is InChI=1S/C32H20N7P/c1-3-11-19-17(9-1)25-33-26-18-10-2-4-12-20(18)28(35-26)37-30-22-14-6-8-16-24(22)32(39-30)40-31-23-15-7-5-13-21(23)29(38-31)36-27(19)34-25/h1-16,31,35,40H,(H,33,34,36,38)/b37-30-. The van der Waals surface area contributed by atoms with E-state index in [2.05, 4.69) is 77.0 Å². The van der Waals surface area contributed by atoms with Gasteiger partial charge in [-0.1, -0.05) is 97.1 Å². The van der Waals surface area contributed by atoms with Gasteiger partial charge in [0.05, 0.1) is 11.2 Å². The smallest absolute Gasteiger partial charge is 0.164 e. The Hall–Kier alpha value is -5.00. The topological polar surface area (TPSA) is 89.6 Å². The fourth-order valence-corrected chi connectivity index (χ4v) is 7.24. The summed E-state index contributed by atoms with van der Waals surface area (Å²) in [5.41, 5.74) is 7.44. The number of aromatic nitrogens is 1. The predicted molar refractivity (Wildman–Crippen MR) is 164 cm³/mol. The van der Waals surface area contributed by atoms with Crippen LogP contribution in [0.3, 0.4) is 0 Å². The van der Waals surface area contributed by atoms with Gasteiger partial charge in [0.15, 0.2) is 17.5 Å². The molecule has 4 aliphatic rings. The number of hydrogen-bond donors (Lipinski definition) is 2. The third-order valence-electron chi connectivity index (χ3n) is 7.68. The zero-order valence-corrected chi connectivity index (χ0v) is 22.1. The third kappa shape index (κ3) is 3.19. The molecule has 188 valence electrons. The fraction of sp³-hybridized carbons (Fsp3) is 0.0312. The van der Waals surface area contributed by atoms with E-state index in [9.17, 15) is 0 Å². The molecular formula is C32H20N7P. The van der Waals surface area contributed by atoms with E-state index in [4.69, 9.17) is 25.0 Å². The van der Waals surface area contributed by atoms with E-state index in [0.29, 0.717) is 31.9 Å². The fourth-order valence-electron chi connectivity index (χ4n) is 5.81. The SMILES string of the molecule is c1ccc2c(c1)C1=N/C2=N\c2[nH]c(c3ccccc23)/N=C2\N=C(PC3NC(=N1)c1ccccc13)c1ccccc12. The molecule has 9 rings (SSSR count). The zero-order chi connectivity index (χ0) is 26.2. The second-order valence-electron chi connectivity index (χ2n) is 9.99. The van der Waals surface area contributed by atoms with Crippen LogP contribution >= 0.6 is 8.58 Å². The molecule has 0 radical (unpaired) electrons. The van der Waals surface area contributed by atoms with Crippen molar-refractivity contribution in [3.05, 3.63) is 130 Å². The van der Waals surface area contributed by atoms with Gasteiger partial charge in [-0.25, -0.2) is 25.0 Å². The molecule has 1 aromatic heterocycles. The number of fused-ring (bicyclic) bond motifs is 18. The Kier molecular flexibility index (Phi) is 4.51. The Morgan fingerprint density at radius 1 is 0.500 bits per heavy atom. The van der Waals surface area contributed by atoms with Gasteiger partial charge >= 0.3 is 0 Å². The highest BCUT2D eigenvalue weighted by molar-refractivity contribution is 7.60. The monoisotopic (exact) mass is 533 g/mol. The summed E-state index contributed by atoms with van der Waals surface area (Å²) >= 11 is 0. The average Bonchev–Trinajstić information content (AvgIpc) is 3.73. The largest absolute Gasteiger partial charge is 0.359 e. The van der Waals surface area contributed by atoms with Crippen molar-refractivity contribution in [2.24, 2.45) is 25.0 Å². The highest BCUT2D eigenvalue weighted by atomic mass is 31.1. The van der Waals surface area contributed by atoms with E-state index in [1.54, 1.807) is 0 Å². The van der Waals surface area contributed by atoms with E-state index in [1.807, 2.05) is 30.3 Å². The zero-order valence-electron chi connectivity index (χ0n) is 21.1. The van der Waals surface area contributed by atoms with Gasteiger partial charge in [-0.05, 0) is 14.1 Å². The van der Waals surface area contributed by atoms with Gasteiger partial charge in [0, 0.05) is 38.6 Å². The molecule has 7 nitrogen and oxygen atoms in total. The number of benzene rings is 4. The Morgan fingerprint density at radius 3 is 1.73 bits per heavy atom. The molecule has 2 unspecified atom stereocenters. The first-order chi connectivity index (χ1) is 19.8. The first-order valence-corrected chi connectivity index (χ1v) is 14.2. The summed E-state index contributed by atoms with van der Waals surface area (Å²) in [7, 11) is 0.382. The molecule has 0 aliphatic carbocycles. The van der Waals surface area contributed by atoms with Gasteiger partial charge in [-0.15, -0.1) is 0 Å². The van der Waals surface area contributed by atoms with Crippen LogP contribution in [0, 0.1) is 0 Å². The number of H-pyrrole nitrogens is 1. The van der Waals surface area contributed by atoms with E-state index < -0.39 is 0 Å². The van der Waals surface area contributed by atoms with Gasteiger partial charge in [0.1, 0.15) is 17.5 Å². The molecule has 0 saturated carbocycles. The van der Waals surface area contributed by atoms with Crippen LogP contribution in [0.1, 0.15) is 39.2 Å². The quantitative estimate of drug-likeness (QED) is 0.216. The Balaban J connectivity index is 1.34. The maximum absolute atomic E-state index is 5.11. The second-order valence-corrected chi connectivity index (χ2v) is 11.3. The molecular weight excluding hydrogens is 513 g/mol. The van der Waals surface area contributed by atoms with Crippen LogP contribution in [0.25, 0.3) is 10.8 Å². The molecule has 2 atom stereocenters. The van der Waals surface area contributed by atoms with Gasteiger partial charge in [0.2, 0.25) is 0 Å². The lowest BCUT2D eigenvalue weighted by molar-refractivity contribution is 0.930. The van der Waals surface area contributed by atoms with E-state index in [0.717, 1.165) is 55.7 Å². The summed E-state index contributed by atoms with van der Waals surface area (Å²) in [6.45, 7) is 0. The maximum atomic E-state index is 5.11. The predicted octanol–water partition coefficient (Wildman–Crippen LogP) is 6.59. The molecule has 4 aromatic carbocycles. The minimum Gasteiger partial charge on any atom is -0.359 e. The number of aromatic amines is 1. The molecule has 0 amide bonds. The van der Waals surface area contributed by atoms with Crippen molar-refractivity contribution >= 4 is 59.8 Å². The molecule has 5 aromatic rings. The first-order valence-electron chi connectivity index (χ1n) is 13.2. The third-order valence-corrected chi connectivity index (χ3v) is 9.08. The van der Waals surface area contributed by atoms with Crippen molar-refractivity contribution in [2.75, 3.05) is 0 Å². The highest BCUT2D eigenvalue weighted by Gasteiger charge is 2.32. The molecule has 8 heteroatoms. The van der Waals surface area contributed by atoms with Crippen molar-refractivity contribution < 1.29 is 0 Å². The van der Waals surface area contributed by atoms with E-state index in [-0.39, 0.29) is 5.78 Å². The molecule has 5 heterocycles. The summed E-state index contributed by atoms with van der Waals surface area (Å²) in [6.07, 6.45) is 0. The first kappa shape index (κ1) is 21.9. The number of nitrogens with one attached hydrogen (secondary N) is 2. The normalized spacial score (nSPS) is 21.3. The maximum Gasteiger partial charge on any atom is 0.164 e. The summed E-state index contributed by atoms with van der Waals surface area (Å²) in [6, 6.07) is 33.1. The molecule has 4 aliphatic heterocycles. The van der Waals surface area contributed by atoms with Gasteiger partial charge in [-0.3, -0.25) is 0 Å². The van der Waals surface area contributed by atoms with Crippen LogP contribution in [-0.4, -0.2) is 33.8 Å². The van der Waals surface area contributed by atoms with Crippen molar-refractivity contribution in [1.29, 1.82) is 0 Å². The van der Waals surface area contributed by atoms with Crippen molar-refractivity contribution in [3.63, 3.8) is 0 Å². The minimum absolute atomic E-state index is 0.0531. The van der Waals surface area contributed by atoms with Gasteiger partial charge < -0.3 is 10.3 Å². The highest BCUT2D eigenvalue weighted by Crippen LogP contribution is 2.44. The molecule has 40 heavy (non-hydrogen) atoms. The van der Waals surface area contributed by atoms with Crippen LogP contribution < -0.4 is 5.32 Å². The Labute approximate surface area is 231 Å². The Morgan fingerprint density at radius 2 is 1.02 bits per heavy atom.